The van der Waals surface area contributed by atoms with E-state index in [1.807, 2.05) is 0 Å². The maximum absolute atomic E-state index is 12.7. The van der Waals surface area contributed by atoms with Gasteiger partial charge < -0.3 is 22.4 Å². The molecule has 2 aliphatic rings. The molecule has 1 saturated heterocycles. The number of rotatable bonds is 3. The van der Waals surface area contributed by atoms with E-state index in [9.17, 15) is 12.9 Å². The molecule has 1 heterocycles. The Bertz CT molecular complexity index is 491. The molecule has 1 spiro atoms. The van der Waals surface area contributed by atoms with Gasteiger partial charge in [0.25, 0.3) is 0 Å². The van der Waals surface area contributed by atoms with E-state index < -0.39 is 12.4 Å². The van der Waals surface area contributed by atoms with Crippen LogP contribution in [0.4, 0.5) is 12.9 Å². The SMILES string of the molecule is F[B-](F)(F)c1cccc(OC2CCOC3(CCC3)C2)c1.[K+]. The third kappa shape index (κ3) is 4.26. The van der Waals surface area contributed by atoms with Crippen LogP contribution in [0, 0.1) is 0 Å². The molecule has 1 aliphatic heterocycles. The molecule has 1 unspecified atom stereocenters. The summed E-state index contributed by atoms with van der Waals surface area (Å²) in [6.07, 6.45) is 4.73. The minimum Gasteiger partial charge on any atom is -0.490 e. The van der Waals surface area contributed by atoms with Gasteiger partial charge in [-0.05, 0) is 31.4 Å². The van der Waals surface area contributed by atoms with Gasteiger partial charge >= 0.3 is 58.4 Å². The first kappa shape index (κ1) is 17.8. The Balaban J connectivity index is 0.00000161. The van der Waals surface area contributed by atoms with Crippen molar-refractivity contribution in [3.8, 4) is 5.75 Å². The van der Waals surface area contributed by atoms with E-state index in [1.165, 1.54) is 12.5 Å². The average Bonchev–Trinajstić information content (AvgIpc) is 2.36. The third-order valence-electron chi connectivity index (χ3n) is 4.25. The van der Waals surface area contributed by atoms with Crippen molar-refractivity contribution >= 4 is 12.4 Å². The van der Waals surface area contributed by atoms with Crippen LogP contribution in [0.1, 0.15) is 32.1 Å². The first-order chi connectivity index (χ1) is 9.47. The normalized spacial score (nSPS) is 24.0. The molecule has 2 fully saturated rings. The number of benzene rings is 1. The number of ether oxygens (including phenoxy) is 2. The molecule has 0 bridgehead atoms. The molecule has 0 amide bonds. The van der Waals surface area contributed by atoms with Gasteiger partial charge in [0.15, 0.2) is 0 Å². The number of hydrogen-bond acceptors (Lipinski definition) is 2. The molecule has 1 aliphatic carbocycles. The first-order valence-electron chi connectivity index (χ1n) is 7.07. The molecule has 0 aromatic heterocycles. The zero-order chi connectivity index (χ0) is 14.2. The van der Waals surface area contributed by atoms with Crippen molar-refractivity contribution < 1.29 is 73.8 Å². The number of halogens is 3. The van der Waals surface area contributed by atoms with Crippen LogP contribution < -0.4 is 61.6 Å². The average molecular weight is 324 g/mol. The van der Waals surface area contributed by atoms with Crippen molar-refractivity contribution in [1.82, 2.24) is 0 Å². The Labute approximate surface area is 165 Å². The monoisotopic (exact) mass is 324 g/mol. The minimum atomic E-state index is -4.97. The second-order valence-electron chi connectivity index (χ2n) is 5.76. The minimum absolute atomic E-state index is 0. The van der Waals surface area contributed by atoms with Crippen LogP contribution in [0.15, 0.2) is 24.3 Å². The van der Waals surface area contributed by atoms with Gasteiger partial charge in [0, 0.05) is 12.8 Å². The topological polar surface area (TPSA) is 18.5 Å². The Morgan fingerprint density at radius 1 is 1.24 bits per heavy atom. The fourth-order valence-electron chi connectivity index (χ4n) is 2.99. The van der Waals surface area contributed by atoms with Crippen LogP contribution in [0.2, 0.25) is 0 Å². The second kappa shape index (κ2) is 6.93. The van der Waals surface area contributed by atoms with Gasteiger partial charge in [-0.2, -0.15) is 0 Å². The van der Waals surface area contributed by atoms with E-state index in [0.717, 1.165) is 37.8 Å². The van der Waals surface area contributed by atoms with Gasteiger partial charge in [0.2, 0.25) is 0 Å². The molecule has 1 aromatic carbocycles. The van der Waals surface area contributed by atoms with Crippen LogP contribution in [-0.4, -0.2) is 25.3 Å². The molecule has 1 aromatic rings. The Kier molecular flexibility index (Phi) is 5.88. The maximum Gasteiger partial charge on any atom is 1.00 e. The maximum atomic E-state index is 12.7. The zero-order valence-corrected chi connectivity index (χ0v) is 15.3. The van der Waals surface area contributed by atoms with Gasteiger partial charge in [-0.1, -0.05) is 12.1 Å². The predicted molar refractivity (Wildman–Crippen MR) is 71.3 cm³/mol. The van der Waals surface area contributed by atoms with Crippen molar-refractivity contribution in [3.05, 3.63) is 24.3 Å². The Hall–Kier alpha value is 0.471. The smallest absolute Gasteiger partial charge is 0.490 e. The Morgan fingerprint density at radius 3 is 2.62 bits per heavy atom. The number of hydrogen-bond donors (Lipinski definition) is 0. The van der Waals surface area contributed by atoms with Crippen molar-refractivity contribution in [2.45, 2.75) is 43.8 Å². The summed E-state index contributed by atoms with van der Waals surface area (Å²) < 4.78 is 49.7. The molecule has 21 heavy (non-hydrogen) atoms. The summed E-state index contributed by atoms with van der Waals surface area (Å²) in [4.78, 5) is 0. The van der Waals surface area contributed by atoms with Crippen molar-refractivity contribution in [1.29, 1.82) is 0 Å². The fourth-order valence-corrected chi connectivity index (χ4v) is 2.99. The molecular formula is C14H17BF3KO2. The van der Waals surface area contributed by atoms with Crippen molar-refractivity contribution in [2.75, 3.05) is 6.61 Å². The van der Waals surface area contributed by atoms with Crippen LogP contribution in [0.3, 0.4) is 0 Å². The van der Waals surface area contributed by atoms with Crippen LogP contribution in [-0.2, 0) is 4.74 Å². The van der Waals surface area contributed by atoms with E-state index in [2.05, 4.69) is 0 Å². The summed E-state index contributed by atoms with van der Waals surface area (Å²) in [5.41, 5.74) is -0.665. The Morgan fingerprint density at radius 2 is 2.00 bits per heavy atom. The summed E-state index contributed by atoms with van der Waals surface area (Å²) in [6, 6.07) is 5.18. The summed E-state index contributed by atoms with van der Waals surface area (Å²) in [5, 5.41) is 0. The molecule has 0 radical (unpaired) electrons. The molecule has 1 atom stereocenters. The standard InChI is InChI=1S/C14H17BF3O2.K/c16-15(17,18)11-3-1-4-12(9-11)20-13-5-8-19-14(10-13)6-2-7-14;/h1,3-4,9,13H,2,5-8,10H2;/q-1;+1. The largest absolute Gasteiger partial charge is 1.00 e. The molecule has 7 heteroatoms. The van der Waals surface area contributed by atoms with Gasteiger partial charge in [-0.15, -0.1) is 5.46 Å². The predicted octanol–water partition coefficient (Wildman–Crippen LogP) is 0.225. The van der Waals surface area contributed by atoms with E-state index in [1.54, 1.807) is 6.07 Å². The van der Waals surface area contributed by atoms with Gasteiger partial charge in [-0.25, -0.2) is 0 Å². The van der Waals surface area contributed by atoms with E-state index in [-0.39, 0.29) is 63.1 Å². The van der Waals surface area contributed by atoms with E-state index >= 15 is 0 Å². The third-order valence-corrected chi connectivity index (χ3v) is 4.25. The zero-order valence-electron chi connectivity index (χ0n) is 12.2. The summed E-state index contributed by atoms with van der Waals surface area (Å²) in [7, 11) is 0. The summed E-state index contributed by atoms with van der Waals surface area (Å²) in [6.45, 7) is -4.34. The fraction of sp³-hybridized carbons (Fsp3) is 0.571. The van der Waals surface area contributed by atoms with Gasteiger partial charge in [-0.3, -0.25) is 0 Å². The van der Waals surface area contributed by atoms with E-state index in [4.69, 9.17) is 9.47 Å². The first-order valence-corrected chi connectivity index (χ1v) is 7.07. The second-order valence-corrected chi connectivity index (χ2v) is 5.76. The molecule has 0 N–H and O–H groups in total. The van der Waals surface area contributed by atoms with Crippen LogP contribution >= 0.6 is 0 Å². The van der Waals surface area contributed by atoms with Gasteiger partial charge in [0.1, 0.15) is 11.9 Å². The van der Waals surface area contributed by atoms with Crippen LogP contribution in [0.5, 0.6) is 5.75 Å². The van der Waals surface area contributed by atoms with Gasteiger partial charge in [0.05, 0.1) is 12.2 Å². The molecule has 3 rings (SSSR count). The molecule has 2 nitrogen and oxygen atoms in total. The molecule has 1 saturated carbocycles. The van der Waals surface area contributed by atoms with E-state index in [0.29, 0.717) is 12.4 Å². The van der Waals surface area contributed by atoms with Crippen molar-refractivity contribution in [3.63, 3.8) is 0 Å². The molecule has 110 valence electrons. The quantitative estimate of drug-likeness (QED) is 0.741. The summed E-state index contributed by atoms with van der Waals surface area (Å²) in [5.74, 6) is 0.308. The van der Waals surface area contributed by atoms with Crippen LogP contribution in [0.25, 0.3) is 0 Å². The molecular weight excluding hydrogens is 307 g/mol. The summed E-state index contributed by atoms with van der Waals surface area (Å²) >= 11 is 0. The van der Waals surface area contributed by atoms with Crippen molar-refractivity contribution in [2.24, 2.45) is 0 Å².